The predicted molar refractivity (Wildman–Crippen MR) is 86.5 cm³/mol. The zero-order valence-corrected chi connectivity index (χ0v) is 13.8. The standard InChI is InChI=1S/C16H18N6O2/c1-11-6-12(2)18-13(7-11)8-21(3)16(23)9-24-15-5-4-14-19-17-10-22(14)20-15/h4-7,10H,8-9H2,1-3H3. The van der Waals surface area contributed by atoms with Crippen molar-refractivity contribution in [1.82, 2.24) is 29.7 Å². The Labute approximate surface area is 139 Å². The fraction of sp³-hybridized carbons (Fsp3) is 0.312. The van der Waals surface area contributed by atoms with Crippen LogP contribution in [0.1, 0.15) is 17.0 Å². The lowest BCUT2D eigenvalue weighted by molar-refractivity contribution is -0.132. The summed E-state index contributed by atoms with van der Waals surface area (Å²) >= 11 is 0. The Bertz CT molecular complexity index is 856. The molecule has 0 bridgehead atoms. The first kappa shape index (κ1) is 15.9. The molecule has 0 saturated heterocycles. The number of ether oxygens (including phenoxy) is 1. The highest BCUT2D eigenvalue weighted by Crippen LogP contribution is 2.09. The van der Waals surface area contributed by atoms with Crippen molar-refractivity contribution in [3.05, 3.63) is 47.5 Å². The van der Waals surface area contributed by atoms with Gasteiger partial charge in [-0.25, -0.2) is 0 Å². The molecular weight excluding hydrogens is 308 g/mol. The van der Waals surface area contributed by atoms with E-state index in [1.54, 1.807) is 24.1 Å². The second kappa shape index (κ2) is 6.61. The number of pyridine rings is 1. The van der Waals surface area contributed by atoms with Gasteiger partial charge in [0.25, 0.3) is 5.91 Å². The van der Waals surface area contributed by atoms with Crippen LogP contribution in [-0.2, 0) is 11.3 Å². The predicted octanol–water partition coefficient (Wildman–Crippen LogP) is 1.17. The highest BCUT2D eigenvalue weighted by atomic mass is 16.5. The number of hydrogen-bond acceptors (Lipinski definition) is 6. The molecule has 8 heteroatoms. The van der Waals surface area contributed by atoms with E-state index in [1.807, 2.05) is 26.0 Å². The number of fused-ring (bicyclic) bond motifs is 1. The third kappa shape index (κ3) is 3.65. The minimum absolute atomic E-state index is 0.0953. The number of carbonyl (C=O) groups is 1. The van der Waals surface area contributed by atoms with Gasteiger partial charge in [0.2, 0.25) is 5.88 Å². The maximum atomic E-state index is 12.2. The second-order valence-electron chi connectivity index (χ2n) is 5.62. The van der Waals surface area contributed by atoms with Gasteiger partial charge in [-0.1, -0.05) is 0 Å². The van der Waals surface area contributed by atoms with E-state index in [2.05, 4.69) is 20.3 Å². The SMILES string of the molecule is Cc1cc(C)nc(CN(C)C(=O)COc2ccc3nncn3n2)c1. The fourth-order valence-electron chi connectivity index (χ4n) is 2.37. The molecule has 0 fully saturated rings. The number of likely N-dealkylation sites (N-methyl/N-ethyl adjacent to an activating group) is 1. The van der Waals surface area contributed by atoms with Crippen LogP contribution in [0.3, 0.4) is 0 Å². The minimum Gasteiger partial charge on any atom is -0.467 e. The summed E-state index contributed by atoms with van der Waals surface area (Å²) in [5.41, 5.74) is 3.54. The summed E-state index contributed by atoms with van der Waals surface area (Å²) in [6.07, 6.45) is 1.47. The molecule has 0 aliphatic rings. The molecule has 0 atom stereocenters. The topological polar surface area (TPSA) is 85.5 Å². The van der Waals surface area contributed by atoms with Crippen LogP contribution < -0.4 is 4.74 Å². The molecule has 0 radical (unpaired) electrons. The average molecular weight is 326 g/mol. The number of rotatable bonds is 5. The normalized spacial score (nSPS) is 10.8. The first-order valence-electron chi connectivity index (χ1n) is 7.49. The van der Waals surface area contributed by atoms with Crippen molar-refractivity contribution in [2.45, 2.75) is 20.4 Å². The molecule has 0 aromatic carbocycles. The molecule has 3 rings (SSSR count). The van der Waals surface area contributed by atoms with E-state index in [4.69, 9.17) is 4.74 Å². The Hall–Kier alpha value is -3.03. The third-order valence-electron chi connectivity index (χ3n) is 3.46. The molecule has 0 unspecified atom stereocenters. The molecule has 0 aliphatic carbocycles. The Kier molecular flexibility index (Phi) is 4.37. The van der Waals surface area contributed by atoms with Crippen LogP contribution >= 0.6 is 0 Å². The van der Waals surface area contributed by atoms with E-state index in [1.165, 1.54) is 10.8 Å². The highest BCUT2D eigenvalue weighted by molar-refractivity contribution is 5.77. The molecule has 3 heterocycles. The number of carbonyl (C=O) groups excluding carboxylic acids is 1. The van der Waals surface area contributed by atoms with Gasteiger partial charge in [-0.15, -0.1) is 15.3 Å². The minimum atomic E-state index is -0.151. The lowest BCUT2D eigenvalue weighted by atomic mass is 10.2. The average Bonchev–Trinajstić information content (AvgIpc) is 2.99. The lowest BCUT2D eigenvalue weighted by Gasteiger charge is -2.17. The molecule has 8 nitrogen and oxygen atoms in total. The molecule has 124 valence electrons. The van der Waals surface area contributed by atoms with Crippen molar-refractivity contribution >= 4 is 11.6 Å². The van der Waals surface area contributed by atoms with Crippen molar-refractivity contribution in [3.8, 4) is 5.88 Å². The molecule has 0 aliphatic heterocycles. The van der Waals surface area contributed by atoms with Gasteiger partial charge >= 0.3 is 0 Å². The van der Waals surface area contributed by atoms with Crippen LogP contribution in [0.2, 0.25) is 0 Å². The molecule has 3 aromatic heterocycles. The van der Waals surface area contributed by atoms with E-state index in [-0.39, 0.29) is 12.5 Å². The number of aromatic nitrogens is 5. The molecule has 0 saturated carbocycles. The molecule has 1 amide bonds. The number of amides is 1. The quantitative estimate of drug-likeness (QED) is 0.700. The largest absolute Gasteiger partial charge is 0.467 e. The van der Waals surface area contributed by atoms with E-state index in [0.717, 1.165) is 17.0 Å². The Balaban J connectivity index is 1.59. The van der Waals surface area contributed by atoms with E-state index in [9.17, 15) is 4.79 Å². The number of nitrogens with zero attached hydrogens (tertiary/aromatic N) is 6. The van der Waals surface area contributed by atoms with Crippen LogP contribution in [0.4, 0.5) is 0 Å². The molecular formula is C16H18N6O2. The van der Waals surface area contributed by atoms with Gasteiger partial charge < -0.3 is 9.64 Å². The van der Waals surface area contributed by atoms with Gasteiger partial charge in [0.1, 0.15) is 6.33 Å². The van der Waals surface area contributed by atoms with Crippen molar-refractivity contribution in [2.75, 3.05) is 13.7 Å². The van der Waals surface area contributed by atoms with E-state index >= 15 is 0 Å². The van der Waals surface area contributed by atoms with Crippen molar-refractivity contribution in [3.63, 3.8) is 0 Å². The summed E-state index contributed by atoms with van der Waals surface area (Å²) in [4.78, 5) is 18.2. The second-order valence-corrected chi connectivity index (χ2v) is 5.62. The van der Waals surface area contributed by atoms with Gasteiger partial charge in [0.05, 0.1) is 12.2 Å². The first-order chi connectivity index (χ1) is 11.5. The van der Waals surface area contributed by atoms with Crippen molar-refractivity contribution in [1.29, 1.82) is 0 Å². The number of hydrogen-bond donors (Lipinski definition) is 0. The summed E-state index contributed by atoms with van der Waals surface area (Å²) in [6, 6.07) is 7.35. The maximum absolute atomic E-state index is 12.2. The lowest BCUT2D eigenvalue weighted by Crippen LogP contribution is -2.31. The summed E-state index contributed by atoms with van der Waals surface area (Å²) in [5, 5.41) is 11.8. The summed E-state index contributed by atoms with van der Waals surface area (Å²) in [7, 11) is 1.72. The summed E-state index contributed by atoms with van der Waals surface area (Å²) < 4.78 is 6.94. The van der Waals surface area contributed by atoms with Crippen LogP contribution in [0.5, 0.6) is 5.88 Å². The van der Waals surface area contributed by atoms with E-state index < -0.39 is 0 Å². The van der Waals surface area contributed by atoms with Gasteiger partial charge in [-0.05, 0) is 37.6 Å². The zero-order valence-electron chi connectivity index (χ0n) is 13.8. The first-order valence-corrected chi connectivity index (χ1v) is 7.49. The summed E-state index contributed by atoms with van der Waals surface area (Å²) in [5.74, 6) is 0.190. The monoisotopic (exact) mass is 326 g/mol. The van der Waals surface area contributed by atoms with Gasteiger partial charge in [0, 0.05) is 18.8 Å². The van der Waals surface area contributed by atoms with Crippen LogP contribution in [0, 0.1) is 13.8 Å². The maximum Gasteiger partial charge on any atom is 0.260 e. The third-order valence-corrected chi connectivity index (χ3v) is 3.46. The fourth-order valence-corrected chi connectivity index (χ4v) is 2.37. The van der Waals surface area contributed by atoms with Crippen molar-refractivity contribution < 1.29 is 9.53 Å². The summed E-state index contributed by atoms with van der Waals surface area (Å²) in [6.45, 7) is 4.29. The zero-order chi connectivity index (χ0) is 17.1. The molecule has 0 N–H and O–H groups in total. The Morgan fingerprint density at radius 2 is 2.12 bits per heavy atom. The van der Waals surface area contributed by atoms with Gasteiger partial charge in [0.15, 0.2) is 12.3 Å². The molecule has 24 heavy (non-hydrogen) atoms. The molecule has 0 spiro atoms. The van der Waals surface area contributed by atoms with Crippen molar-refractivity contribution in [2.24, 2.45) is 0 Å². The van der Waals surface area contributed by atoms with Crippen LogP contribution in [-0.4, -0.2) is 49.3 Å². The van der Waals surface area contributed by atoms with E-state index in [0.29, 0.717) is 18.1 Å². The smallest absolute Gasteiger partial charge is 0.260 e. The van der Waals surface area contributed by atoms with Crippen LogP contribution in [0.25, 0.3) is 5.65 Å². The van der Waals surface area contributed by atoms with Gasteiger partial charge in [-0.2, -0.15) is 4.52 Å². The number of aryl methyl sites for hydroxylation is 2. The van der Waals surface area contributed by atoms with Gasteiger partial charge in [-0.3, -0.25) is 9.78 Å². The Morgan fingerprint density at radius 1 is 1.29 bits per heavy atom. The Morgan fingerprint density at radius 3 is 2.92 bits per heavy atom. The highest BCUT2D eigenvalue weighted by Gasteiger charge is 2.12. The van der Waals surface area contributed by atoms with Crippen LogP contribution in [0.15, 0.2) is 30.6 Å². The molecule has 3 aromatic rings.